The van der Waals surface area contributed by atoms with Crippen LogP contribution in [0.5, 0.6) is 0 Å². The second kappa shape index (κ2) is 35.1. The van der Waals surface area contributed by atoms with Gasteiger partial charge in [0.15, 0.2) is 0 Å². The first kappa shape index (κ1) is 98.1. The lowest BCUT2D eigenvalue weighted by Gasteiger charge is -2.65. The van der Waals surface area contributed by atoms with Crippen LogP contribution in [0.3, 0.4) is 0 Å². The number of nitrogens with one attached hydrogen (secondary N) is 3. The van der Waals surface area contributed by atoms with Gasteiger partial charge in [0, 0.05) is 37.5 Å². The van der Waals surface area contributed by atoms with Crippen molar-refractivity contribution in [2.45, 2.75) is 372 Å². The Hall–Kier alpha value is -2.77. The summed E-state index contributed by atoms with van der Waals surface area (Å²) in [6.45, 7) is 59.6. The van der Waals surface area contributed by atoms with E-state index in [9.17, 15) is 38.8 Å². The van der Waals surface area contributed by atoms with Crippen LogP contribution >= 0.6 is 37.2 Å². The normalized spacial score (nSPS) is 34.4. The van der Waals surface area contributed by atoms with Crippen molar-refractivity contribution in [2.24, 2.45) is 103 Å². The van der Waals surface area contributed by atoms with E-state index in [-0.39, 0.29) is 108 Å². The Bertz CT molecular complexity index is 3260. The van der Waals surface area contributed by atoms with Gasteiger partial charge in [0.2, 0.25) is 17.7 Å². The number of alkyl carbamates (subject to hydrolysis) is 2. The summed E-state index contributed by atoms with van der Waals surface area (Å²) in [5, 5.41) is 36.2. The number of hydrogen-bond acceptors (Lipinski definition) is 16. The minimum atomic E-state index is -1.47. The average molecular weight is 1640 g/mol. The summed E-state index contributed by atoms with van der Waals surface area (Å²) in [5.74, 6) is 6.13. The molecule has 22 nitrogen and oxygen atoms in total. The summed E-state index contributed by atoms with van der Waals surface area (Å²) in [6, 6.07) is -2.65. The molecule has 7 aliphatic heterocycles. The highest BCUT2D eigenvalue weighted by Crippen LogP contribution is 2.71. The molecule has 10 N–H and O–H groups in total. The molecule has 642 valence electrons. The third-order valence-electron chi connectivity index (χ3n) is 29.8. The van der Waals surface area contributed by atoms with Gasteiger partial charge in [0.25, 0.3) is 0 Å². The molecule has 16 rings (SSSR count). The molecule has 5 amide bonds. The minimum absolute atomic E-state index is 0. The summed E-state index contributed by atoms with van der Waals surface area (Å²) in [5.41, 5.74) is 10.9. The van der Waals surface area contributed by atoms with Crippen LogP contribution in [0.15, 0.2) is 0 Å². The predicted molar refractivity (Wildman–Crippen MR) is 455 cm³/mol. The molecule has 20 atom stereocenters. The number of carbonyl (C=O) groups is 6. The molecule has 0 aromatic carbocycles. The fourth-order valence-electron chi connectivity index (χ4n) is 22.7. The Balaban J connectivity index is 0.000000224. The molecule has 9 aliphatic carbocycles. The average Bonchev–Trinajstić information content (AvgIpc) is 1.43. The van der Waals surface area contributed by atoms with E-state index in [1.165, 1.54) is 69.1 Å². The lowest BCUT2D eigenvalue weighted by atomic mass is 9.41. The molecule has 0 aromatic heterocycles. The smallest absolute Gasteiger partial charge is 0.475 e. The summed E-state index contributed by atoms with van der Waals surface area (Å²) >= 11 is 0. The van der Waals surface area contributed by atoms with E-state index in [0.717, 1.165) is 87.4 Å². The highest BCUT2D eigenvalue weighted by molar-refractivity contribution is 6.56. The Morgan fingerprint density at radius 2 is 0.786 bits per heavy atom. The predicted octanol–water partition coefficient (Wildman–Crippen LogP) is 13.6. The number of carboxylic acid groups (broad SMARTS) is 1. The van der Waals surface area contributed by atoms with E-state index in [0.29, 0.717) is 65.7 Å². The van der Waals surface area contributed by atoms with Crippen molar-refractivity contribution in [3.8, 4) is 0 Å². The monoisotopic (exact) mass is 1640 g/mol. The van der Waals surface area contributed by atoms with Crippen molar-refractivity contribution >= 4 is 101 Å². The molecule has 7 heterocycles. The zero-order valence-corrected chi connectivity index (χ0v) is 76.5. The molecule has 6 unspecified atom stereocenters. The third-order valence-corrected chi connectivity index (χ3v) is 29.8. The standard InChI is InChI=1S/C26H45BN2O4.C21H37BN2O2.C15H26BNO.C11H21NO4.C10H21BN2O3.3ClH/c1-23(2,3)20(28-22(31)32-24(4,5)6)21(30)29-12-10-11-19(29)27-15-17-13-16-14-18(25(16,7)8)26(17,9)33-27;1-19(2,3)17(23)18(25)24-9-7-8-16(24)22-12-14-10-13-11-15(20(13,4)5)21(14,6)26-22;1-14(2)10-7-11-9-16(13-5-4-6-17-13)18-15(11,3)12(14)8-10;1-10(2,3)7(8(13)14)12-9(15)16-11(4,5)6;1-10(2,3)8(12)9(14)13-6-4-5-7(13)11(15)16;;;/h16-20H,10-15H2,1-9H3,(H,28,31);13-17H,7-12,23H2,1-6H3;10-13,17H,4-9H2,1-3H3;7H,1-6H3,(H,12,15)(H,13,14);7-8,15-16H,4-6,12H2,1-3H3;3*1H/t16?,17-,18?,19-,20+,26+;13?,14-,15?,16-,17+,21+;10?,11-,12?,13-,15+;7-;7-,8+;;;/m00010.../s1. The number of nitrogens with zero attached hydrogens (tertiary/aromatic N) is 3. The summed E-state index contributed by atoms with van der Waals surface area (Å²) in [7, 11) is -1.47. The lowest BCUT2D eigenvalue weighted by Crippen LogP contribution is -2.63. The molecular formula is C83H153B4Cl3N8O14. The number of aliphatic carboxylic acids is 1. The van der Waals surface area contributed by atoms with Crippen molar-refractivity contribution in [2.75, 3.05) is 26.2 Å². The van der Waals surface area contributed by atoms with Crippen LogP contribution in [0.1, 0.15) is 277 Å². The summed E-state index contributed by atoms with van der Waals surface area (Å²) in [6.07, 6.45) is 18.4. The van der Waals surface area contributed by atoms with Gasteiger partial charge >= 0.3 is 46.0 Å². The van der Waals surface area contributed by atoms with Crippen LogP contribution in [0.2, 0.25) is 19.0 Å². The molecule has 6 bridgehead atoms. The van der Waals surface area contributed by atoms with E-state index >= 15 is 0 Å². The lowest BCUT2D eigenvalue weighted by molar-refractivity contribution is -0.198. The molecule has 0 spiro atoms. The highest BCUT2D eigenvalue weighted by Gasteiger charge is 2.71. The first-order chi connectivity index (χ1) is 49.7. The highest BCUT2D eigenvalue weighted by atomic mass is 35.5. The maximum absolute atomic E-state index is 13.8. The number of hydrogen-bond donors (Lipinski definition) is 8. The summed E-state index contributed by atoms with van der Waals surface area (Å²) in [4.78, 5) is 79.5. The quantitative estimate of drug-likeness (QED) is 0.0943. The van der Waals surface area contributed by atoms with E-state index in [4.69, 9.17) is 40.0 Å². The van der Waals surface area contributed by atoms with Crippen molar-refractivity contribution in [3.05, 3.63) is 0 Å². The minimum Gasteiger partial charge on any atom is -0.480 e. The number of likely N-dealkylation sites (tertiary alicyclic amines) is 3. The van der Waals surface area contributed by atoms with Crippen LogP contribution < -0.4 is 27.4 Å². The number of carbonyl (C=O) groups excluding carboxylic acids is 5. The maximum Gasteiger partial charge on any atom is 0.475 e. The molecule has 16 fully saturated rings. The molecule has 0 radical (unpaired) electrons. The van der Waals surface area contributed by atoms with Gasteiger partial charge in [0.05, 0.1) is 34.8 Å². The SMILES string of the molecule is CC(C)(C)OC(=O)N[C@H](C(=O)N1CCC[C@H]1B1C[C@@H]2CC3CC(C3(C)C)[C@]2(C)O1)C(C)(C)C.CC(C)(C)OC(=O)N[C@H](C(=O)O)C(C)(C)C.CC(C)(C)[C@H](N)C(=O)N1CCC[C@H]1B(O)O.CC1(C)C2CC1[C@]1(C)OB([C@@H]3CCCN3)C[C@@H]1C2.CC1(C)C2CC1[C@]1(C)OB([C@@H]3CCCN3C(=O)[C@@H](N)C(C)(C)C)C[C@@H]1C2.Cl.Cl.Cl. The number of rotatable bonds is 10. The molecule has 112 heavy (non-hydrogen) atoms. The molecule has 9 saturated carbocycles. The Kier molecular flexibility index (Phi) is 30.8. The van der Waals surface area contributed by atoms with Gasteiger partial charge in [-0.05, 0) is 269 Å². The van der Waals surface area contributed by atoms with Gasteiger partial charge in [-0.3, -0.25) is 14.4 Å². The van der Waals surface area contributed by atoms with Gasteiger partial charge < -0.3 is 80.7 Å². The van der Waals surface area contributed by atoms with Crippen molar-refractivity contribution < 1.29 is 67.4 Å². The largest absolute Gasteiger partial charge is 0.480 e. The van der Waals surface area contributed by atoms with Crippen molar-refractivity contribution in [3.63, 3.8) is 0 Å². The first-order valence-electron chi connectivity index (χ1n) is 42.5. The van der Waals surface area contributed by atoms with Crippen LogP contribution in [-0.2, 0) is 42.6 Å². The second-order valence-electron chi connectivity index (χ2n) is 44.7. The van der Waals surface area contributed by atoms with Crippen LogP contribution in [0, 0.1) is 91.2 Å². The van der Waals surface area contributed by atoms with E-state index in [1.54, 1.807) is 41.5 Å². The Morgan fingerprint density at radius 3 is 1.11 bits per heavy atom. The van der Waals surface area contributed by atoms with Crippen molar-refractivity contribution in [1.82, 2.24) is 30.7 Å². The first-order valence-corrected chi connectivity index (χ1v) is 42.5. The van der Waals surface area contributed by atoms with E-state index < -0.39 is 77.4 Å². The zero-order valence-electron chi connectivity index (χ0n) is 74.0. The van der Waals surface area contributed by atoms with Crippen LogP contribution in [0.25, 0.3) is 0 Å². The van der Waals surface area contributed by atoms with Gasteiger partial charge in [0.1, 0.15) is 23.3 Å². The zero-order chi connectivity index (χ0) is 81.8. The van der Waals surface area contributed by atoms with Gasteiger partial charge in [-0.15, -0.1) is 37.2 Å². The van der Waals surface area contributed by atoms with Crippen LogP contribution in [-0.4, -0.2) is 196 Å². The fourth-order valence-corrected chi connectivity index (χ4v) is 22.7. The molecule has 29 heteroatoms. The Morgan fingerprint density at radius 1 is 0.455 bits per heavy atom. The number of halogens is 3. The fraction of sp³-hybridized carbons (Fsp3) is 0.928. The number of ether oxygens (including phenoxy) is 2. The Labute approximate surface area is 695 Å². The van der Waals surface area contributed by atoms with E-state index in [1.807, 2.05) is 67.2 Å². The van der Waals surface area contributed by atoms with Crippen molar-refractivity contribution in [1.29, 1.82) is 0 Å². The molecule has 16 aliphatic rings. The van der Waals surface area contributed by atoms with Crippen LogP contribution in [0.4, 0.5) is 9.59 Å². The molecular weight excluding hydrogens is 1480 g/mol. The van der Waals surface area contributed by atoms with Gasteiger partial charge in [-0.1, -0.05) is 125 Å². The number of carboxylic acids is 1. The van der Waals surface area contributed by atoms with E-state index in [2.05, 4.69) is 104 Å². The number of nitrogens with two attached hydrogens (primary N) is 2. The molecule has 0 aromatic rings. The second-order valence-corrected chi connectivity index (χ2v) is 44.7. The number of amides is 5. The summed E-state index contributed by atoms with van der Waals surface area (Å²) < 4.78 is 30.9. The maximum atomic E-state index is 13.8. The topological polar surface area (TPSA) is 307 Å². The van der Waals surface area contributed by atoms with Gasteiger partial charge in [-0.25, -0.2) is 14.4 Å². The molecule has 7 saturated heterocycles. The third kappa shape index (κ3) is 20.5. The van der Waals surface area contributed by atoms with Gasteiger partial charge in [-0.2, -0.15) is 0 Å².